The number of hydrogen-bond acceptors (Lipinski definition) is 4. The molecule has 7 heteroatoms. The average Bonchev–Trinajstić information content (AvgIpc) is 2.38. The summed E-state index contributed by atoms with van der Waals surface area (Å²) < 4.78 is 24.1. The van der Waals surface area contributed by atoms with Crippen LogP contribution >= 0.6 is 15.9 Å². The molecular weight excluding hydrogens is 342 g/mol. The lowest BCUT2D eigenvalue weighted by atomic mass is 10.2. The first kappa shape index (κ1) is 14.8. The quantitative estimate of drug-likeness (QED) is 0.732. The van der Waals surface area contributed by atoms with Gasteiger partial charge in [-0.15, -0.1) is 0 Å². The Morgan fingerprint density at radius 3 is 2.50 bits per heavy atom. The van der Waals surface area contributed by atoms with E-state index < -0.39 is 10.0 Å². The van der Waals surface area contributed by atoms with Gasteiger partial charge in [0, 0.05) is 16.7 Å². The lowest BCUT2D eigenvalue weighted by Crippen LogP contribution is -2.15. The molecule has 0 radical (unpaired) electrons. The summed E-state index contributed by atoms with van der Waals surface area (Å²) >= 11 is 3.44. The van der Waals surface area contributed by atoms with Crippen molar-refractivity contribution in [3.63, 3.8) is 0 Å². The SMILES string of the molecule is Nc1ccc(NCc2ccccc2Br)c(S(N)(=O)=O)c1. The number of halogens is 1. The third-order valence-corrected chi connectivity index (χ3v) is 4.46. The number of rotatable bonds is 4. The van der Waals surface area contributed by atoms with Crippen LogP contribution in [0, 0.1) is 0 Å². The van der Waals surface area contributed by atoms with Gasteiger partial charge in [-0.25, -0.2) is 13.6 Å². The van der Waals surface area contributed by atoms with E-state index in [1.807, 2.05) is 24.3 Å². The highest BCUT2D eigenvalue weighted by Crippen LogP contribution is 2.24. The zero-order chi connectivity index (χ0) is 14.8. The van der Waals surface area contributed by atoms with Crippen molar-refractivity contribution in [3.8, 4) is 0 Å². The molecule has 2 rings (SSSR count). The highest BCUT2D eigenvalue weighted by atomic mass is 79.9. The third kappa shape index (κ3) is 3.50. The second kappa shape index (κ2) is 5.82. The molecule has 2 aromatic carbocycles. The van der Waals surface area contributed by atoms with Crippen molar-refractivity contribution in [3.05, 3.63) is 52.5 Å². The number of nitrogen functional groups attached to an aromatic ring is 1. The molecule has 0 saturated heterocycles. The molecule has 0 aliphatic heterocycles. The summed E-state index contributed by atoms with van der Waals surface area (Å²) in [5, 5.41) is 8.25. The summed E-state index contributed by atoms with van der Waals surface area (Å²) in [6.45, 7) is 0.466. The molecule has 0 unspecified atom stereocenters. The zero-order valence-corrected chi connectivity index (χ0v) is 12.9. The standard InChI is InChI=1S/C13H14BrN3O2S/c14-11-4-2-1-3-9(11)8-17-12-6-5-10(15)7-13(12)20(16,18)19/h1-7,17H,8,15H2,(H2,16,18,19). The smallest absolute Gasteiger partial charge is 0.240 e. The first-order chi connectivity index (χ1) is 9.38. The number of nitrogens with two attached hydrogens (primary N) is 2. The van der Waals surface area contributed by atoms with Crippen LogP contribution in [0.25, 0.3) is 0 Å². The van der Waals surface area contributed by atoms with Gasteiger partial charge in [-0.1, -0.05) is 34.1 Å². The number of nitrogens with one attached hydrogen (secondary N) is 1. The largest absolute Gasteiger partial charge is 0.399 e. The molecule has 0 amide bonds. The van der Waals surface area contributed by atoms with Crippen molar-refractivity contribution in [1.29, 1.82) is 0 Å². The summed E-state index contributed by atoms with van der Waals surface area (Å²) in [6.07, 6.45) is 0. The van der Waals surface area contributed by atoms with Gasteiger partial charge in [-0.2, -0.15) is 0 Å². The molecular formula is C13H14BrN3O2S. The average molecular weight is 356 g/mol. The summed E-state index contributed by atoms with van der Waals surface area (Å²) in [4.78, 5) is -0.00967. The fraction of sp³-hybridized carbons (Fsp3) is 0.0769. The van der Waals surface area contributed by atoms with Crippen molar-refractivity contribution >= 4 is 37.3 Å². The Balaban J connectivity index is 2.29. The van der Waals surface area contributed by atoms with Crippen LogP contribution < -0.4 is 16.2 Å². The molecule has 5 nitrogen and oxygen atoms in total. The molecule has 0 atom stereocenters. The van der Waals surface area contributed by atoms with Gasteiger partial charge < -0.3 is 11.1 Å². The van der Waals surface area contributed by atoms with E-state index in [0.717, 1.165) is 10.0 Å². The molecule has 20 heavy (non-hydrogen) atoms. The maximum atomic E-state index is 11.6. The number of sulfonamides is 1. The van der Waals surface area contributed by atoms with E-state index >= 15 is 0 Å². The monoisotopic (exact) mass is 355 g/mol. The Kier molecular flexibility index (Phi) is 4.32. The minimum absolute atomic E-state index is 0.00967. The fourth-order valence-corrected chi connectivity index (χ4v) is 2.92. The molecule has 0 bridgehead atoms. The van der Waals surface area contributed by atoms with E-state index in [4.69, 9.17) is 10.9 Å². The number of anilines is 2. The van der Waals surface area contributed by atoms with Gasteiger partial charge in [0.25, 0.3) is 0 Å². The molecule has 106 valence electrons. The lowest BCUT2D eigenvalue weighted by molar-refractivity contribution is 0.598. The second-order valence-electron chi connectivity index (χ2n) is 4.25. The van der Waals surface area contributed by atoms with Gasteiger partial charge in [0.05, 0.1) is 5.69 Å². The van der Waals surface area contributed by atoms with Crippen LogP contribution in [0.4, 0.5) is 11.4 Å². The van der Waals surface area contributed by atoms with E-state index in [9.17, 15) is 8.42 Å². The van der Waals surface area contributed by atoms with E-state index in [0.29, 0.717) is 17.9 Å². The van der Waals surface area contributed by atoms with Gasteiger partial charge in [-0.05, 0) is 29.8 Å². The number of primary sulfonamides is 1. The van der Waals surface area contributed by atoms with Crippen LogP contribution in [0.2, 0.25) is 0 Å². The van der Waals surface area contributed by atoms with E-state index in [2.05, 4.69) is 21.2 Å². The zero-order valence-electron chi connectivity index (χ0n) is 10.5. The predicted octanol–water partition coefficient (Wildman–Crippen LogP) is 2.29. The van der Waals surface area contributed by atoms with Gasteiger partial charge in [0.15, 0.2) is 0 Å². The molecule has 0 aromatic heterocycles. The maximum absolute atomic E-state index is 11.6. The summed E-state index contributed by atoms with van der Waals surface area (Å²) in [5.41, 5.74) is 7.38. The second-order valence-corrected chi connectivity index (χ2v) is 6.63. The van der Waals surface area contributed by atoms with E-state index in [-0.39, 0.29) is 4.90 Å². The third-order valence-electron chi connectivity index (χ3n) is 2.74. The normalized spacial score (nSPS) is 11.3. The Labute approximate surface area is 126 Å². The maximum Gasteiger partial charge on any atom is 0.240 e. The minimum atomic E-state index is -3.82. The van der Waals surface area contributed by atoms with Crippen LogP contribution in [0.15, 0.2) is 51.8 Å². The Morgan fingerprint density at radius 2 is 1.85 bits per heavy atom. The van der Waals surface area contributed by atoms with Gasteiger partial charge in [0.2, 0.25) is 10.0 Å². The molecule has 2 aromatic rings. The van der Waals surface area contributed by atoms with Crippen LogP contribution in [0.5, 0.6) is 0 Å². The first-order valence-electron chi connectivity index (χ1n) is 5.77. The van der Waals surface area contributed by atoms with Crippen molar-refractivity contribution in [2.45, 2.75) is 11.4 Å². The minimum Gasteiger partial charge on any atom is -0.399 e. The summed E-state index contributed by atoms with van der Waals surface area (Å²) in [7, 11) is -3.82. The summed E-state index contributed by atoms with van der Waals surface area (Å²) in [5.74, 6) is 0. The molecule has 0 saturated carbocycles. The van der Waals surface area contributed by atoms with Crippen LogP contribution in [0.3, 0.4) is 0 Å². The topological polar surface area (TPSA) is 98.2 Å². The number of benzene rings is 2. The lowest BCUT2D eigenvalue weighted by Gasteiger charge is -2.12. The molecule has 0 heterocycles. The van der Waals surface area contributed by atoms with E-state index in [1.165, 1.54) is 6.07 Å². The Hall–Kier alpha value is -1.57. The van der Waals surface area contributed by atoms with Crippen LogP contribution in [0.1, 0.15) is 5.56 Å². The number of hydrogen-bond donors (Lipinski definition) is 3. The highest BCUT2D eigenvalue weighted by molar-refractivity contribution is 9.10. The molecule has 5 N–H and O–H groups in total. The van der Waals surface area contributed by atoms with Crippen molar-refractivity contribution in [2.24, 2.45) is 5.14 Å². The van der Waals surface area contributed by atoms with Crippen LogP contribution in [-0.2, 0) is 16.6 Å². The Bertz CT molecular complexity index is 732. The molecule has 0 spiro atoms. The fourth-order valence-electron chi connectivity index (χ4n) is 1.75. The van der Waals surface area contributed by atoms with Gasteiger partial charge in [0.1, 0.15) is 4.90 Å². The van der Waals surface area contributed by atoms with Gasteiger partial charge >= 0.3 is 0 Å². The predicted molar refractivity (Wildman–Crippen MR) is 83.7 cm³/mol. The first-order valence-corrected chi connectivity index (χ1v) is 8.11. The highest BCUT2D eigenvalue weighted by Gasteiger charge is 2.14. The van der Waals surface area contributed by atoms with Crippen molar-refractivity contribution < 1.29 is 8.42 Å². The van der Waals surface area contributed by atoms with Crippen molar-refractivity contribution in [2.75, 3.05) is 11.1 Å². The molecule has 0 fully saturated rings. The van der Waals surface area contributed by atoms with Gasteiger partial charge in [-0.3, -0.25) is 0 Å². The molecule has 0 aliphatic rings. The van der Waals surface area contributed by atoms with Crippen LogP contribution in [-0.4, -0.2) is 8.42 Å². The Morgan fingerprint density at radius 1 is 1.15 bits per heavy atom. The molecule has 0 aliphatic carbocycles. The van der Waals surface area contributed by atoms with Crippen molar-refractivity contribution in [1.82, 2.24) is 0 Å². The van der Waals surface area contributed by atoms with E-state index in [1.54, 1.807) is 12.1 Å². The summed E-state index contributed by atoms with van der Waals surface area (Å²) in [6, 6.07) is 12.2.